The minimum Gasteiger partial charge on any atom is -0.325 e. The normalized spacial score (nSPS) is 17.6. The Kier molecular flexibility index (Phi) is 5.89. The highest BCUT2D eigenvalue weighted by Crippen LogP contribution is 2.23. The maximum absolute atomic E-state index is 12.4. The number of hydrogen-bond acceptors (Lipinski definition) is 4. The highest BCUT2D eigenvalue weighted by atomic mass is 35.5. The van der Waals surface area contributed by atoms with E-state index in [4.69, 9.17) is 11.6 Å². The molecule has 0 bridgehead atoms. The second kappa shape index (κ2) is 8.12. The van der Waals surface area contributed by atoms with Crippen LogP contribution in [0.1, 0.15) is 11.8 Å². The first-order chi connectivity index (χ1) is 11.6. The topological polar surface area (TPSA) is 35.6 Å². The second-order valence-corrected chi connectivity index (χ2v) is 7.85. The third-order valence-corrected chi connectivity index (χ3v) is 5.60. The van der Waals surface area contributed by atoms with Crippen molar-refractivity contribution in [2.75, 3.05) is 31.5 Å². The molecule has 24 heavy (non-hydrogen) atoms. The van der Waals surface area contributed by atoms with Crippen LogP contribution in [0.3, 0.4) is 0 Å². The first-order valence-corrected chi connectivity index (χ1v) is 9.38. The van der Waals surface area contributed by atoms with Gasteiger partial charge < -0.3 is 5.32 Å². The minimum atomic E-state index is -0.122. The number of benzene rings is 1. The summed E-state index contributed by atoms with van der Waals surface area (Å²) in [7, 11) is 0. The highest BCUT2D eigenvalue weighted by Gasteiger charge is 2.25. The van der Waals surface area contributed by atoms with Crippen molar-refractivity contribution in [1.29, 1.82) is 0 Å². The first-order valence-electron chi connectivity index (χ1n) is 8.18. The second-order valence-electron chi connectivity index (χ2n) is 6.05. The van der Waals surface area contributed by atoms with Crippen molar-refractivity contribution in [2.24, 2.45) is 0 Å². The van der Waals surface area contributed by atoms with E-state index in [1.54, 1.807) is 11.3 Å². The minimum absolute atomic E-state index is 0.0553. The van der Waals surface area contributed by atoms with Crippen LogP contribution in [0.25, 0.3) is 0 Å². The smallest absolute Gasteiger partial charge is 0.241 e. The van der Waals surface area contributed by atoms with E-state index in [2.05, 4.69) is 21.2 Å². The van der Waals surface area contributed by atoms with Gasteiger partial charge in [0.25, 0.3) is 0 Å². The summed E-state index contributed by atoms with van der Waals surface area (Å²) >= 11 is 7.63. The Morgan fingerprint density at radius 3 is 2.50 bits per heavy atom. The Morgan fingerprint density at radius 2 is 1.88 bits per heavy atom. The number of carbonyl (C=O) groups excluding carboxylic acids is 1. The Labute approximate surface area is 152 Å². The molecule has 1 aromatic carbocycles. The van der Waals surface area contributed by atoms with Crippen LogP contribution >= 0.6 is 22.9 Å². The number of anilines is 1. The maximum Gasteiger partial charge on any atom is 0.241 e. The summed E-state index contributed by atoms with van der Waals surface area (Å²) in [5.74, 6) is 0.0553. The van der Waals surface area contributed by atoms with Crippen molar-refractivity contribution < 1.29 is 4.79 Å². The van der Waals surface area contributed by atoms with Gasteiger partial charge >= 0.3 is 0 Å². The Bertz CT molecular complexity index is 668. The lowest BCUT2D eigenvalue weighted by Crippen LogP contribution is -2.52. The third kappa shape index (κ3) is 4.57. The fraction of sp³-hybridized carbons (Fsp3) is 0.389. The summed E-state index contributed by atoms with van der Waals surface area (Å²) in [5, 5.41) is 2.99. The Hall–Kier alpha value is -1.40. The van der Waals surface area contributed by atoms with Gasteiger partial charge in [-0.2, -0.15) is 0 Å². The number of nitrogens with one attached hydrogen (secondary N) is 1. The summed E-state index contributed by atoms with van der Waals surface area (Å²) in [4.78, 5) is 18.4. The van der Waals surface area contributed by atoms with Crippen LogP contribution < -0.4 is 5.32 Å². The number of amides is 1. The lowest BCUT2D eigenvalue weighted by Gasteiger charge is -2.37. The van der Waals surface area contributed by atoms with Crippen LogP contribution in [0.4, 0.5) is 5.69 Å². The van der Waals surface area contributed by atoms with Gasteiger partial charge in [0.05, 0.1) is 10.4 Å². The number of halogens is 1. The zero-order valence-electron chi connectivity index (χ0n) is 13.7. The van der Waals surface area contributed by atoms with Crippen LogP contribution in [0.15, 0.2) is 42.5 Å². The molecule has 1 aliphatic rings. The van der Waals surface area contributed by atoms with E-state index in [1.165, 1.54) is 4.88 Å². The van der Waals surface area contributed by atoms with Gasteiger partial charge in [0, 0.05) is 43.3 Å². The van der Waals surface area contributed by atoms with Crippen LogP contribution in [0.5, 0.6) is 0 Å². The van der Waals surface area contributed by atoms with E-state index >= 15 is 0 Å². The number of carbonyl (C=O) groups is 1. The molecule has 1 unspecified atom stereocenters. The van der Waals surface area contributed by atoms with Crippen molar-refractivity contribution >= 4 is 34.5 Å². The standard InChI is InChI=1S/C18H22ClN3OS/c1-14(18(23)20-15-5-3-2-4-6-15)22-11-9-21(10-12-22)13-16-7-8-17(19)24-16/h2-8,14H,9-13H2,1H3,(H,20,23). The molecule has 1 saturated heterocycles. The average molecular weight is 364 g/mol. The zero-order valence-corrected chi connectivity index (χ0v) is 15.3. The molecule has 128 valence electrons. The Balaban J connectivity index is 1.47. The number of nitrogens with zero attached hydrogens (tertiary/aromatic N) is 2. The predicted molar refractivity (Wildman–Crippen MR) is 101 cm³/mol. The van der Waals surface area contributed by atoms with Crippen molar-refractivity contribution in [1.82, 2.24) is 9.80 Å². The van der Waals surface area contributed by atoms with Gasteiger partial charge in [-0.3, -0.25) is 14.6 Å². The lowest BCUT2D eigenvalue weighted by molar-refractivity contribution is -0.121. The van der Waals surface area contributed by atoms with Crippen LogP contribution in [0, 0.1) is 0 Å². The molecule has 0 saturated carbocycles. The zero-order chi connectivity index (χ0) is 16.9. The summed E-state index contributed by atoms with van der Waals surface area (Å²) in [5.41, 5.74) is 0.850. The molecule has 0 spiro atoms. The monoisotopic (exact) mass is 363 g/mol. The fourth-order valence-electron chi connectivity index (χ4n) is 2.90. The molecule has 1 atom stereocenters. The molecule has 0 aliphatic carbocycles. The Morgan fingerprint density at radius 1 is 1.17 bits per heavy atom. The van der Waals surface area contributed by atoms with Gasteiger partial charge in [0.1, 0.15) is 0 Å². The summed E-state index contributed by atoms with van der Waals surface area (Å²) in [6.07, 6.45) is 0. The van der Waals surface area contributed by atoms with Gasteiger partial charge in [-0.25, -0.2) is 0 Å². The SMILES string of the molecule is CC(C(=O)Nc1ccccc1)N1CCN(Cc2ccc(Cl)s2)CC1. The molecule has 6 heteroatoms. The van der Waals surface area contributed by atoms with Crippen LogP contribution in [-0.2, 0) is 11.3 Å². The molecule has 1 N–H and O–H groups in total. The molecule has 0 radical (unpaired) electrons. The van der Waals surface area contributed by atoms with Gasteiger partial charge in [0.2, 0.25) is 5.91 Å². The fourth-order valence-corrected chi connectivity index (χ4v) is 4.03. The molecule has 4 nitrogen and oxygen atoms in total. The number of hydrogen-bond donors (Lipinski definition) is 1. The number of rotatable bonds is 5. The quantitative estimate of drug-likeness (QED) is 0.882. The van der Waals surface area contributed by atoms with Crippen molar-refractivity contribution in [3.8, 4) is 0 Å². The maximum atomic E-state index is 12.4. The van der Waals surface area contributed by atoms with Crippen LogP contribution in [0.2, 0.25) is 4.34 Å². The number of piperazine rings is 1. The van der Waals surface area contributed by atoms with E-state index < -0.39 is 0 Å². The molecule has 1 fully saturated rings. The molecule has 3 rings (SSSR count). The molecule has 1 amide bonds. The van der Waals surface area contributed by atoms with Gasteiger partial charge in [-0.15, -0.1) is 11.3 Å². The number of thiophene rings is 1. The molecule has 1 aromatic heterocycles. The summed E-state index contributed by atoms with van der Waals surface area (Å²) in [6.45, 7) is 6.67. The van der Waals surface area contributed by atoms with Gasteiger partial charge in [0.15, 0.2) is 0 Å². The van der Waals surface area contributed by atoms with Crippen molar-refractivity contribution in [2.45, 2.75) is 19.5 Å². The van der Waals surface area contributed by atoms with E-state index in [-0.39, 0.29) is 11.9 Å². The van der Waals surface area contributed by atoms with E-state index in [9.17, 15) is 4.79 Å². The van der Waals surface area contributed by atoms with Gasteiger partial charge in [-0.05, 0) is 31.2 Å². The lowest BCUT2D eigenvalue weighted by atomic mass is 10.2. The van der Waals surface area contributed by atoms with Crippen LogP contribution in [-0.4, -0.2) is 47.9 Å². The van der Waals surface area contributed by atoms with Crippen molar-refractivity contribution in [3.63, 3.8) is 0 Å². The molecule has 2 aromatic rings. The van der Waals surface area contributed by atoms with Gasteiger partial charge in [-0.1, -0.05) is 29.8 Å². The number of para-hydroxylation sites is 1. The summed E-state index contributed by atoms with van der Waals surface area (Å²) in [6, 6.07) is 13.5. The van der Waals surface area contributed by atoms with E-state index in [0.717, 1.165) is 42.7 Å². The van der Waals surface area contributed by atoms with E-state index in [1.807, 2.05) is 43.3 Å². The molecule has 1 aliphatic heterocycles. The highest BCUT2D eigenvalue weighted by molar-refractivity contribution is 7.16. The predicted octanol–water partition coefficient (Wildman–Crippen LogP) is 3.55. The van der Waals surface area contributed by atoms with Crippen molar-refractivity contribution in [3.05, 3.63) is 51.7 Å². The third-order valence-electron chi connectivity index (χ3n) is 4.38. The molecular weight excluding hydrogens is 342 g/mol. The summed E-state index contributed by atoms with van der Waals surface area (Å²) < 4.78 is 0.842. The van der Waals surface area contributed by atoms with E-state index in [0.29, 0.717) is 0 Å². The first kappa shape index (κ1) is 17.4. The molecule has 2 heterocycles. The largest absolute Gasteiger partial charge is 0.325 e. The molecular formula is C18H22ClN3OS. The average Bonchev–Trinajstić information content (AvgIpc) is 3.00.